The number of rotatable bonds is 4. The van der Waals surface area contributed by atoms with Crippen molar-refractivity contribution in [2.45, 2.75) is 20.4 Å². The largest absolute Gasteiger partial charge is 0.379 e. The molecule has 1 aromatic carbocycles. The van der Waals surface area contributed by atoms with Crippen molar-refractivity contribution >= 4 is 27.9 Å². The predicted molar refractivity (Wildman–Crippen MR) is 84.8 cm³/mol. The second kappa shape index (κ2) is 5.21. The predicted octanol–water partition coefficient (Wildman–Crippen LogP) is 2.72. The fourth-order valence-electron chi connectivity index (χ4n) is 2.31. The highest BCUT2D eigenvalue weighted by Crippen LogP contribution is 2.21. The van der Waals surface area contributed by atoms with Crippen molar-refractivity contribution in [3.05, 3.63) is 52.3 Å². The van der Waals surface area contributed by atoms with Crippen LogP contribution >= 0.6 is 11.3 Å². The summed E-state index contributed by atoms with van der Waals surface area (Å²) in [7, 11) is 0. The molecule has 6 heteroatoms. The van der Waals surface area contributed by atoms with Gasteiger partial charge < -0.3 is 11.1 Å². The topological polar surface area (TPSA) is 72.4 Å². The molecule has 0 aliphatic carbocycles. The summed E-state index contributed by atoms with van der Waals surface area (Å²) in [6.07, 6.45) is 0. The monoisotopic (exact) mass is 300 g/mol. The number of aromatic nitrogens is 2. The Morgan fingerprint density at radius 2 is 2.05 bits per heavy atom. The number of nitrogens with zero attached hydrogens (tertiary/aromatic N) is 2. The van der Waals surface area contributed by atoms with Crippen molar-refractivity contribution in [2.75, 3.05) is 5.32 Å². The smallest absolute Gasteiger partial charge is 0.248 e. The molecular weight excluding hydrogens is 284 g/mol. The Hall–Kier alpha value is -2.34. The van der Waals surface area contributed by atoms with E-state index in [4.69, 9.17) is 5.73 Å². The summed E-state index contributed by atoms with van der Waals surface area (Å²) in [5, 5.41) is 5.46. The van der Waals surface area contributed by atoms with Crippen molar-refractivity contribution in [1.29, 1.82) is 0 Å². The lowest BCUT2D eigenvalue weighted by Gasteiger charge is -2.08. The molecule has 0 aliphatic rings. The molecule has 0 radical (unpaired) electrons. The van der Waals surface area contributed by atoms with Gasteiger partial charge in [-0.1, -0.05) is 0 Å². The molecule has 2 heterocycles. The number of nitrogens with two attached hydrogens (primary N) is 1. The van der Waals surface area contributed by atoms with Crippen LogP contribution in [0.4, 0.5) is 5.69 Å². The molecule has 3 N–H and O–H groups in total. The Morgan fingerprint density at radius 1 is 1.33 bits per heavy atom. The van der Waals surface area contributed by atoms with Gasteiger partial charge in [0.1, 0.15) is 0 Å². The summed E-state index contributed by atoms with van der Waals surface area (Å²) in [5.74, 6) is -0.413. The maximum absolute atomic E-state index is 11.0. The number of carbonyl (C=O) groups excluding carboxylic acids is 1. The maximum Gasteiger partial charge on any atom is 0.248 e. The third-order valence-corrected chi connectivity index (χ3v) is 4.40. The van der Waals surface area contributed by atoms with Crippen molar-refractivity contribution in [3.63, 3.8) is 0 Å². The number of benzene rings is 1. The molecule has 0 unspecified atom stereocenters. The maximum atomic E-state index is 11.0. The van der Waals surface area contributed by atoms with Gasteiger partial charge in [0.15, 0.2) is 4.96 Å². The van der Waals surface area contributed by atoms with E-state index in [1.165, 1.54) is 5.69 Å². The zero-order valence-corrected chi connectivity index (χ0v) is 12.7. The number of hydrogen-bond donors (Lipinski definition) is 2. The summed E-state index contributed by atoms with van der Waals surface area (Å²) in [5.41, 5.74) is 10.1. The van der Waals surface area contributed by atoms with Crippen LogP contribution in [0.5, 0.6) is 0 Å². The van der Waals surface area contributed by atoms with Gasteiger partial charge in [-0.25, -0.2) is 4.98 Å². The number of aryl methyl sites for hydroxylation is 2. The minimum atomic E-state index is -0.413. The van der Waals surface area contributed by atoms with Gasteiger partial charge >= 0.3 is 0 Å². The molecule has 0 spiro atoms. The van der Waals surface area contributed by atoms with Gasteiger partial charge in [-0.05, 0) is 38.1 Å². The normalized spacial score (nSPS) is 11.0. The molecule has 1 amide bonds. The first-order valence-electron chi connectivity index (χ1n) is 6.62. The number of carbonyl (C=O) groups is 1. The molecule has 108 valence electrons. The Morgan fingerprint density at radius 3 is 2.71 bits per heavy atom. The second-order valence-corrected chi connectivity index (χ2v) is 5.77. The van der Waals surface area contributed by atoms with Crippen LogP contribution in [0.2, 0.25) is 0 Å². The second-order valence-electron chi connectivity index (χ2n) is 4.93. The van der Waals surface area contributed by atoms with Crippen LogP contribution in [0.1, 0.15) is 27.4 Å². The van der Waals surface area contributed by atoms with Crippen LogP contribution in [0.15, 0.2) is 29.6 Å². The van der Waals surface area contributed by atoms with E-state index in [9.17, 15) is 4.79 Å². The molecule has 2 aromatic heterocycles. The van der Waals surface area contributed by atoms with E-state index in [-0.39, 0.29) is 0 Å². The molecule has 3 rings (SSSR count). The minimum Gasteiger partial charge on any atom is -0.379 e. The number of amides is 1. The van der Waals surface area contributed by atoms with Crippen LogP contribution in [-0.2, 0) is 6.54 Å². The van der Waals surface area contributed by atoms with Gasteiger partial charge in [0.2, 0.25) is 5.91 Å². The van der Waals surface area contributed by atoms with Crippen LogP contribution in [0, 0.1) is 13.8 Å². The van der Waals surface area contributed by atoms with E-state index in [1.807, 2.05) is 19.1 Å². The quantitative estimate of drug-likeness (QED) is 0.778. The van der Waals surface area contributed by atoms with Gasteiger partial charge in [0, 0.05) is 22.3 Å². The van der Waals surface area contributed by atoms with E-state index in [1.54, 1.807) is 23.5 Å². The fraction of sp³-hybridized carbons (Fsp3) is 0.200. The molecule has 0 saturated heterocycles. The number of nitrogens with one attached hydrogen (secondary N) is 1. The SMILES string of the molecule is Cc1nc2scc(C)n2c1CNc1ccc(C(N)=O)cc1. The number of anilines is 1. The Labute approximate surface area is 126 Å². The van der Waals surface area contributed by atoms with Gasteiger partial charge in [0.25, 0.3) is 0 Å². The zero-order valence-electron chi connectivity index (χ0n) is 11.9. The Bertz CT molecular complexity index is 801. The van der Waals surface area contributed by atoms with Crippen LogP contribution in [0.3, 0.4) is 0 Å². The summed E-state index contributed by atoms with van der Waals surface area (Å²) in [4.78, 5) is 16.6. The number of fused-ring (bicyclic) bond motifs is 1. The minimum absolute atomic E-state index is 0.413. The van der Waals surface area contributed by atoms with Crippen LogP contribution in [0.25, 0.3) is 4.96 Å². The summed E-state index contributed by atoms with van der Waals surface area (Å²) in [6, 6.07) is 7.15. The lowest BCUT2D eigenvalue weighted by molar-refractivity contribution is 0.100. The Balaban J connectivity index is 1.81. The average Bonchev–Trinajstić information content (AvgIpc) is 2.97. The first kappa shape index (κ1) is 13.6. The van der Waals surface area contributed by atoms with E-state index >= 15 is 0 Å². The van der Waals surface area contributed by atoms with E-state index in [0.717, 1.165) is 22.0 Å². The van der Waals surface area contributed by atoms with Crippen LogP contribution in [-0.4, -0.2) is 15.3 Å². The molecule has 21 heavy (non-hydrogen) atoms. The van der Waals surface area contributed by atoms with Gasteiger partial charge in [0.05, 0.1) is 17.9 Å². The molecular formula is C15H16N4OS. The molecule has 3 aromatic rings. The molecule has 0 fully saturated rings. The summed E-state index contributed by atoms with van der Waals surface area (Å²) in [6.45, 7) is 4.78. The summed E-state index contributed by atoms with van der Waals surface area (Å²) < 4.78 is 2.17. The third kappa shape index (κ3) is 2.50. The highest BCUT2D eigenvalue weighted by molar-refractivity contribution is 7.15. The third-order valence-electron chi connectivity index (χ3n) is 3.46. The standard InChI is InChI=1S/C15H16N4OS/c1-9-8-21-15-18-10(2)13(19(9)15)7-17-12-5-3-11(4-6-12)14(16)20/h3-6,8,17H,7H2,1-2H3,(H2,16,20). The lowest BCUT2D eigenvalue weighted by atomic mass is 10.2. The van der Waals surface area contributed by atoms with Crippen molar-refractivity contribution in [2.24, 2.45) is 5.73 Å². The van der Waals surface area contributed by atoms with E-state index < -0.39 is 5.91 Å². The van der Waals surface area contributed by atoms with E-state index in [2.05, 4.69) is 27.0 Å². The van der Waals surface area contributed by atoms with E-state index in [0.29, 0.717) is 12.1 Å². The van der Waals surface area contributed by atoms with Gasteiger partial charge in [-0.2, -0.15) is 0 Å². The van der Waals surface area contributed by atoms with Gasteiger partial charge in [-0.15, -0.1) is 11.3 Å². The molecule has 0 bridgehead atoms. The average molecular weight is 300 g/mol. The van der Waals surface area contributed by atoms with Gasteiger partial charge in [-0.3, -0.25) is 9.20 Å². The molecule has 5 nitrogen and oxygen atoms in total. The molecule has 0 saturated carbocycles. The number of primary amides is 1. The van der Waals surface area contributed by atoms with Crippen molar-refractivity contribution in [1.82, 2.24) is 9.38 Å². The Kier molecular flexibility index (Phi) is 3.39. The lowest BCUT2D eigenvalue weighted by Crippen LogP contribution is -2.10. The van der Waals surface area contributed by atoms with Crippen molar-refractivity contribution in [3.8, 4) is 0 Å². The first-order chi connectivity index (χ1) is 10.1. The fourth-order valence-corrected chi connectivity index (χ4v) is 3.24. The highest BCUT2D eigenvalue weighted by atomic mass is 32.1. The zero-order chi connectivity index (χ0) is 15.0. The molecule has 0 aliphatic heterocycles. The van der Waals surface area contributed by atoms with Crippen molar-refractivity contribution < 1.29 is 4.79 Å². The summed E-state index contributed by atoms with van der Waals surface area (Å²) >= 11 is 1.65. The number of hydrogen-bond acceptors (Lipinski definition) is 4. The number of imidazole rings is 1. The van der Waals surface area contributed by atoms with Crippen LogP contribution < -0.4 is 11.1 Å². The highest BCUT2D eigenvalue weighted by Gasteiger charge is 2.11. The number of thiazole rings is 1. The molecule has 0 atom stereocenters. The first-order valence-corrected chi connectivity index (χ1v) is 7.50.